The number of carbonyl (C=O) groups is 1. The minimum atomic E-state index is -0.715. The van der Waals surface area contributed by atoms with Crippen LogP contribution in [0, 0.1) is 6.92 Å². The monoisotopic (exact) mass is 313 g/mol. The van der Waals surface area contributed by atoms with Crippen LogP contribution in [0.25, 0.3) is 0 Å². The Morgan fingerprint density at radius 3 is 2.65 bits per heavy atom. The van der Waals surface area contributed by atoms with E-state index in [1.165, 1.54) is 6.21 Å². The zero-order valence-electron chi connectivity index (χ0n) is 13.1. The number of amides is 2. The predicted molar refractivity (Wildman–Crippen MR) is 88.8 cm³/mol. The maximum absolute atomic E-state index is 10.7. The van der Waals surface area contributed by atoms with Crippen LogP contribution in [0.15, 0.2) is 47.6 Å². The van der Waals surface area contributed by atoms with Crippen LogP contribution in [-0.4, -0.2) is 19.4 Å². The molecule has 2 aromatic rings. The van der Waals surface area contributed by atoms with Crippen molar-refractivity contribution >= 4 is 12.2 Å². The Kier molecular flexibility index (Phi) is 5.57. The number of ether oxygens (including phenoxy) is 2. The number of nitrogens with two attached hydrogens (primary N) is 1. The third-order valence-electron chi connectivity index (χ3n) is 3.17. The molecular formula is C17H19N3O3. The normalized spacial score (nSPS) is 10.5. The molecule has 0 unspecified atom stereocenters. The van der Waals surface area contributed by atoms with Crippen LogP contribution in [0.5, 0.6) is 11.5 Å². The van der Waals surface area contributed by atoms with Crippen LogP contribution in [-0.2, 0) is 6.61 Å². The number of hydrogen-bond donors (Lipinski definition) is 2. The molecule has 0 bridgehead atoms. The fourth-order valence-electron chi connectivity index (χ4n) is 1.99. The van der Waals surface area contributed by atoms with Crippen molar-refractivity contribution in [2.24, 2.45) is 10.8 Å². The number of primary amides is 1. The SMILES string of the molecule is COc1cc(C)c(C=NNC(N)=O)cc1OCc1ccccc1. The molecule has 2 amide bonds. The fourth-order valence-corrected chi connectivity index (χ4v) is 1.99. The maximum Gasteiger partial charge on any atom is 0.332 e. The molecule has 0 radical (unpaired) electrons. The molecule has 6 heteroatoms. The summed E-state index contributed by atoms with van der Waals surface area (Å²) in [7, 11) is 1.59. The lowest BCUT2D eigenvalue weighted by molar-refractivity contribution is 0.249. The lowest BCUT2D eigenvalue weighted by Gasteiger charge is -2.13. The summed E-state index contributed by atoms with van der Waals surface area (Å²) in [4.78, 5) is 10.7. The number of rotatable bonds is 6. The summed E-state index contributed by atoms with van der Waals surface area (Å²) in [6.07, 6.45) is 1.51. The number of hydrogen-bond acceptors (Lipinski definition) is 4. The highest BCUT2D eigenvalue weighted by molar-refractivity contribution is 5.84. The first-order chi connectivity index (χ1) is 11.1. The Balaban J connectivity index is 2.19. The van der Waals surface area contributed by atoms with Crippen molar-refractivity contribution in [2.45, 2.75) is 13.5 Å². The molecule has 0 spiro atoms. The highest BCUT2D eigenvalue weighted by atomic mass is 16.5. The molecule has 2 aromatic carbocycles. The van der Waals surface area contributed by atoms with Gasteiger partial charge < -0.3 is 15.2 Å². The Hall–Kier alpha value is -3.02. The van der Waals surface area contributed by atoms with Crippen molar-refractivity contribution < 1.29 is 14.3 Å². The molecule has 6 nitrogen and oxygen atoms in total. The van der Waals surface area contributed by atoms with E-state index in [0.29, 0.717) is 18.1 Å². The minimum absolute atomic E-state index is 0.427. The van der Waals surface area contributed by atoms with E-state index < -0.39 is 6.03 Å². The van der Waals surface area contributed by atoms with Crippen LogP contribution in [0.3, 0.4) is 0 Å². The Bertz CT molecular complexity index is 700. The molecule has 0 saturated carbocycles. The maximum atomic E-state index is 10.7. The lowest BCUT2D eigenvalue weighted by atomic mass is 10.1. The summed E-state index contributed by atoms with van der Waals surface area (Å²) in [5.74, 6) is 1.24. The van der Waals surface area contributed by atoms with Gasteiger partial charge in [-0.2, -0.15) is 5.10 Å². The van der Waals surface area contributed by atoms with Crippen LogP contribution >= 0.6 is 0 Å². The molecule has 23 heavy (non-hydrogen) atoms. The highest BCUT2D eigenvalue weighted by Gasteiger charge is 2.09. The van der Waals surface area contributed by atoms with Crippen molar-refractivity contribution in [3.8, 4) is 11.5 Å². The van der Waals surface area contributed by atoms with Crippen LogP contribution in [0.2, 0.25) is 0 Å². The standard InChI is InChI=1S/C17H19N3O3/c1-12-8-15(22-2)16(9-14(12)10-19-20-17(18)21)23-11-13-6-4-3-5-7-13/h3-10H,11H2,1-2H3,(H3,18,20,21). The van der Waals surface area contributed by atoms with E-state index in [1.54, 1.807) is 7.11 Å². The summed E-state index contributed by atoms with van der Waals surface area (Å²) in [5, 5.41) is 3.77. The first kappa shape index (κ1) is 16.4. The molecule has 0 heterocycles. The predicted octanol–water partition coefficient (Wildman–Crippen LogP) is 2.58. The first-order valence-electron chi connectivity index (χ1n) is 7.04. The van der Waals surface area contributed by atoms with Crippen molar-refractivity contribution in [1.82, 2.24) is 5.43 Å². The second-order valence-corrected chi connectivity index (χ2v) is 4.87. The molecule has 2 rings (SSSR count). The van der Waals surface area contributed by atoms with Gasteiger partial charge in [-0.3, -0.25) is 0 Å². The second-order valence-electron chi connectivity index (χ2n) is 4.87. The van der Waals surface area contributed by atoms with Gasteiger partial charge in [0.05, 0.1) is 13.3 Å². The number of aryl methyl sites for hydroxylation is 1. The van der Waals surface area contributed by atoms with Crippen molar-refractivity contribution in [1.29, 1.82) is 0 Å². The lowest BCUT2D eigenvalue weighted by Crippen LogP contribution is -2.24. The van der Waals surface area contributed by atoms with Crippen LogP contribution in [0.1, 0.15) is 16.7 Å². The van der Waals surface area contributed by atoms with Gasteiger partial charge >= 0.3 is 6.03 Å². The van der Waals surface area contributed by atoms with Gasteiger partial charge in [0, 0.05) is 5.56 Å². The fraction of sp³-hybridized carbons (Fsp3) is 0.176. The second kappa shape index (κ2) is 7.84. The number of urea groups is 1. The summed E-state index contributed by atoms with van der Waals surface area (Å²) >= 11 is 0. The molecular weight excluding hydrogens is 294 g/mol. The molecule has 0 atom stereocenters. The molecule has 0 aliphatic rings. The summed E-state index contributed by atoms with van der Waals surface area (Å²) < 4.78 is 11.2. The third-order valence-corrected chi connectivity index (χ3v) is 3.17. The van der Waals surface area contributed by atoms with Gasteiger partial charge in [0.2, 0.25) is 0 Å². The number of hydrazone groups is 1. The zero-order valence-corrected chi connectivity index (χ0v) is 13.1. The topological polar surface area (TPSA) is 85.9 Å². The number of nitrogens with zero attached hydrogens (tertiary/aromatic N) is 1. The first-order valence-corrected chi connectivity index (χ1v) is 7.04. The van der Waals surface area contributed by atoms with Crippen molar-refractivity contribution in [2.75, 3.05) is 7.11 Å². The highest BCUT2D eigenvalue weighted by Crippen LogP contribution is 2.30. The molecule has 0 aliphatic heterocycles. The van der Waals surface area contributed by atoms with E-state index in [-0.39, 0.29) is 0 Å². The average Bonchev–Trinajstić information content (AvgIpc) is 2.55. The molecule has 0 fully saturated rings. The van der Waals surface area contributed by atoms with Gasteiger partial charge in [0.15, 0.2) is 11.5 Å². The summed E-state index contributed by atoms with van der Waals surface area (Å²) in [6.45, 7) is 2.34. The van der Waals surface area contributed by atoms with E-state index in [1.807, 2.05) is 49.4 Å². The molecule has 0 aromatic heterocycles. The Labute approximate surface area is 134 Å². The summed E-state index contributed by atoms with van der Waals surface area (Å²) in [6, 6.07) is 12.8. The van der Waals surface area contributed by atoms with Gasteiger partial charge in [-0.15, -0.1) is 0 Å². The van der Waals surface area contributed by atoms with E-state index >= 15 is 0 Å². The van der Waals surface area contributed by atoms with Crippen molar-refractivity contribution in [3.63, 3.8) is 0 Å². The van der Waals surface area contributed by atoms with Gasteiger partial charge in [0.25, 0.3) is 0 Å². The van der Waals surface area contributed by atoms with Crippen LogP contribution < -0.4 is 20.6 Å². The van der Waals surface area contributed by atoms with Crippen LogP contribution in [0.4, 0.5) is 4.79 Å². The van der Waals surface area contributed by atoms with Gasteiger partial charge in [0.1, 0.15) is 6.61 Å². The Morgan fingerprint density at radius 2 is 2.00 bits per heavy atom. The van der Waals surface area contributed by atoms with E-state index in [4.69, 9.17) is 15.2 Å². The smallest absolute Gasteiger partial charge is 0.332 e. The molecule has 3 N–H and O–H groups in total. The molecule has 0 aliphatic carbocycles. The van der Waals surface area contributed by atoms with Gasteiger partial charge in [-0.05, 0) is 30.2 Å². The number of methoxy groups -OCH3 is 1. The number of benzene rings is 2. The Morgan fingerprint density at radius 1 is 1.26 bits per heavy atom. The molecule has 120 valence electrons. The minimum Gasteiger partial charge on any atom is -0.493 e. The van der Waals surface area contributed by atoms with Gasteiger partial charge in [-0.25, -0.2) is 10.2 Å². The number of nitrogens with one attached hydrogen (secondary N) is 1. The van der Waals surface area contributed by atoms with Gasteiger partial charge in [-0.1, -0.05) is 30.3 Å². The van der Waals surface area contributed by atoms with Crippen molar-refractivity contribution in [3.05, 3.63) is 59.2 Å². The quantitative estimate of drug-likeness (QED) is 0.635. The molecule has 0 saturated heterocycles. The van der Waals surface area contributed by atoms with E-state index in [2.05, 4.69) is 10.5 Å². The average molecular weight is 313 g/mol. The summed E-state index contributed by atoms with van der Waals surface area (Å²) in [5.41, 5.74) is 9.92. The number of carbonyl (C=O) groups excluding carboxylic acids is 1. The van der Waals surface area contributed by atoms with E-state index in [9.17, 15) is 4.79 Å². The third kappa shape index (κ3) is 4.74. The van der Waals surface area contributed by atoms with E-state index in [0.717, 1.165) is 16.7 Å². The largest absolute Gasteiger partial charge is 0.493 e. The zero-order chi connectivity index (χ0) is 16.7.